The van der Waals surface area contributed by atoms with Gasteiger partial charge in [-0.3, -0.25) is 9.59 Å². The maximum atomic E-state index is 12.8. The van der Waals surface area contributed by atoms with Crippen molar-refractivity contribution in [1.82, 2.24) is 24.8 Å². The molecule has 10 nitrogen and oxygen atoms in total. The number of carbonyl (C=O) groups excluding carboxylic acids is 1. The number of oxazole rings is 1. The second-order valence-electron chi connectivity index (χ2n) is 9.09. The monoisotopic (exact) mass is 457 g/mol. The minimum Gasteiger partial charge on any atom is -0.473 e. The van der Waals surface area contributed by atoms with Crippen LogP contribution in [0, 0.1) is 0 Å². The fraction of sp³-hybridized carbons (Fsp3) is 0.522. The lowest BCUT2D eigenvalue weighted by Gasteiger charge is -2.19. The van der Waals surface area contributed by atoms with Crippen molar-refractivity contribution in [3.63, 3.8) is 0 Å². The van der Waals surface area contributed by atoms with Crippen LogP contribution < -0.4 is 15.6 Å². The number of carbonyl (C=O) groups is 1. The second kappa shape index (κ2) is 8.68. The molecule has 4 rings (SSSR count). The normalized spacial score (nSPS) is 17.1. The van der Waals surface area contributed by atoms with Crippen molar-refractivity contribution in [2.24, 2.45) is 7.05 Å². The number of amides is 1. The summed E-state index contributed by atoms with van der Waals surface area (Å²) in [7, 11) is 3.69. The van der Waals surface area contributed by atoms with Crippen LogP contribution >= 0.6 is 0 Å². The molecule has 10 heteroatoms. The van der Waals surface area contributed by atoms with Crippen molar-refractivity contribution in [3.8, 4) is 17.2 Å². The number of aliphatic hydroxyl groups is 1. The van der Waals surface area contributed by atoms with E-state index in [0.29, 0.717) is 29.9 Å². The molecule has 1 unspecified atom stereocenters. The molecule has 1 saturated heterocycles. The third kappa shape index (κ3) is 4.40. The van der Waals surface area contributed by atoms with Crippen LogP contribution in [0.1, 0.15) is 50.0 Å². The first-order chi connectivity index (χ1) is 15.6. The number of aryl methyl sites for hydroxylation is 1. The van der Waals surface area contributed by atoms with Gasteiger partial charge >= 0.3 is 0 Å². The van der Waals surface area contributed by atoms with E-state index >= 15 is 0 Å². The lowest BCUT2D eigenvalue weighted by atomic mass is 10.1. The van der Waals surface area contributed by atoms with E-state index in [0.717, 1.165) is 19.4 Å². The number of aromatic amines is 1. The molecule has 0 bridgehead atoms. The largest absolute Gasteiger partial charge is 0.473 e. The number of H-pyrrole nitrogens is 1. The molecule has 1 atom stereocenters. The summed E-state index contributed by atoms with van der Waals surface area (Å²) in [6.07, 6.45) is 3.77. The third-order valence-corrected chi connectivity index (χ3v) is 5.99. The van der Waals surface area contributed by atoms with Gasteiger partial charge in [-0.1, -0.05) is 0 Å². The zero-order valence-corrected chi connectivity index (χ0v) is 19.7. The van der Waals surface area contributed by atoms with Crippen molar-refractivity contribution >= 4 is 16.8 Å². The SMILES string of the molecule is CCNC(=O)c1cc2c(-c3oc(C(C)(C)O)nc3OCC3CCCN3C)cn(C)c(=O)c2[nH]1. The number of nitrogens with zero attached hydrogens (tertiary/aromatic N) is 3. The molecule has 0 spiro atoms. The van der Waals surface area contributed by atoms with E-state index in [1.807, 2.05) is 6.92 Å². The van der Waals surface area contributed by atoms with Gasteiger partial charge in [0.25, 0.3) is 17.3 Å². The number of ether oxygens (including phenoxy) is 1. The van der Waals surface area contributed by atoms with Gasteiger partial charge in [-0.05, 0) is 53.3 Å². The molecular formula is C23H31N5O5. The van der Waals surface area contributed by atoms with Gasteiger partial charge in [-0.2, -0.15) is 4.98 Å². The van der Waals surface area contributed by atoms with Crippen molar-refractivity contribution in [2.75, 3.05) is 26.7 Å². The predicted octanol–water partition coefficient (Wildman–Crippen LogP) is 1.97. The number of hydrogen-bond acceptors (Lipinski definition) is 7. The van der Waals surface area contributed by atoms with E-state index in [-0.39, 0.29) is 40.5 Å². The van der Waals surface area contributed by atoms with Crippen LogP contribution in [-0.4, -0.2) is 63.2 Å². The Labute approximate surface area is 191 Å². The minimum absolute atomic E-state index is 0.105. The molecule has 0 saturated carbocycles. The number of pyridine rings is 1. The summed E-state index contributed by atoms with van der Waals surface area (Å²) in [6.45, 7) is 6.89. The Hall–Kier alpha value is -3.11. The first-order valence-electron chi connectivity index (χ1n) is 11.2. The predicted molar refractivity (Wildman–Crippen MR) is 123 cm³/mol. The van der Waals surface area contributed by atoms with E-state index in [2.05, 4.69) is 27.2 Å². The Bertz CT molecular complexity index is 1230. The molecule has 1 fully saturated rings. The van der Waals surface area contributed by atoms with E-state index in [1.54, 1.807) is 33.2 Å². The summed E-state index contributed by atoms with van der Waals surface area (Å²) in [5.74, 6) is 0.342. The molecule has 4 heterocycles. The van der Waals surface area contributed by atoms with Crippen LogP contribution in [0.3, 0.4) is 0 Å². The molecule has 33 heavy (non-hydrogen) atoms. The van der Waals surface area contributed by atoms with Gasteiger partial charge in [0.05, 0.1) is 0 Å². The first-order valence-corrected chi connectivity index (χ1v) is 11.2. The smallest absolute Gasteiger partial charge is 0.274 e. The van der Waals surface area contributed by atoms with E-state index in [1.165, 1.54) is 4.57 Å². The quantitative estimate of drug-likeness (QED) is 0.495. The Morgan fingerprint density at radius 3 is 2.82 bits per heavy atom. The summed E-state index contributed by atoms with van der Waals surface area (Å²) in [6, 6.07) is 1.88. The van der Waals surface area contributed by atoms with Crippen LogP contribution in [0.5, 0.6) is 5.88 Å². The Kier molecular flexibility index (Phi) is 6.06. The van der Waals surface area contributed by atoms with Crippen molar-refractivity contribution < 1.29 is 19.1 Å². The van der Waals surface area contributed by atoms with Crippen LogP contribution in [0.25, 0.3) is 22.2 Å². The van der Waals surface area contributed by atoms with Crippen molar-refractivity contribution in [1.29, 1.82) is 0 Å². The van der Waals surface area contributed by atoms with Crippen LogP contribution in [0.4, 0.5) is 0 Å². The van der Waals surface area contributed by atoms with Gasteiger partial charge in [0.15, 0.2) is 0 Å². The lowest BCUT2D eigenvalue weighted by Crippen LogP contribution is -2.30. The van der Waals surface area contributed by atoms with E-state index < -0.39 is 5.60 Å². The lowest BCUT2D eigenvalue weighted by molar-refractivity contribution is 0.0488. The molecule has 178 valence electrons. The van der Waals surface area contributed by atoms with Gasteiger partial charge < -0.3 is 34.0 Å². The van der Waals surface area contributed by atoms with Gasteiger partial charge in [-0.15, -0.1) is 0 Å². The highest BCUT2D eigenvalue weighted by atomic mass is 16.5. The Morgan fingerprint density at radius 2 is 2.18 bits per heavy atom. The zero-order chi connectivity index (χ0) is 23.9. The average Bonchev–Trinajstić information content (AvgIpc) is 3.47. The molecular weight excluding hydrogens is 426 g/mol. The Morgan fingerprint density at radius 1 is 1.42 bits per heavy atom. The summed E-state index contributed by atoms with van der Waals surface area (Å²) in [4.78, 5) is 34.8. The van der Waals surface area contributed by atoms with Crippen LogP contribution in [0.15, 0.2) is 21.5 Å². The van der Waals surface area contributed by atoms with Gasteiger partial charge in [0.2, 0.25) is 11.7 Å². The fourth-order valence-electron chi connectivity index (χ4n) is 4.09. The van der Waals surface area contributed by atoms with Crippen molar-refractivity contribution in [3.05, 3.63) is 34.2 Å². The number of rotatable bonds is 7. The maximum Gasteiger partial charge on any atom is 0.274 e. The third-order valence-electron chi connectivity index (χ3n) is 5.99. The van der Waals surface area contributed by atoms with Gasteiger partial charge in [0, 0.05) is 36.8 Å². The Balaban J connectivity index is 1.83. The average molecular weight is 458 g/mol. The molecule has 3 aromatic heterocycles. The highest BCUT2D eigenvalue weighted by Crippen LogP contribution is 2.38. The number of aromatic nitrogens is 3. The standard InChI is InChI=1S/C23H31N5O5/c1-6-24-19(29)16-10-14-15(11-28(5)21(30)17(14)25-16)18-20(26-22(33-18)23(2,3)31)32-12-13-8-7-9-27(13)4/h10-11,13,25,31H,6-9,12H2,1-5H3,(H,24,29). The second-order valence-corrected chi connectivity index (χ2v) is 9.09. The summed E-state index contributed by atoms with van der Waals surface area (Å²) >= 11 is 0. The molecule has 3 aromatic rings. The van der Waals surface area contributed by atoms with Gasteiger partial charge in [-0.25, -0.2) is 0 Å². The molecule has 1 aliphatic heterocycles. The number of nitrogens with one attached hydrogen (secondary N) is 2. The summed E-state index contributed by atoms with van der Waals surface area (Å²) in [5.41, 5.74) is -0.518. The topological polar surface area (TPSA) is 126 Å². The number of fused-ring (bicyclic) bond motifs is 1. The molecule has 1 amide bonds. The van der Waals surface area contributed by atoms with E-state index in [9.17, 15) is 14.7 Å². The van der Waals surface area contributed by atoms with Crippen LogP contribution in [-0.2, 0) is 12.6 Å². The van der Waals surface area contributed by atoms with E-state index in [4.69, 9.17) is 9.15 Å². The molecule has 1 aliphatic rings. The van der Waals surface area contributed by atoms with Crippen LogP contribution in [0.2, 0.25) is 0 Å². The molecule has 3 N–H and O–H groups in total. The highest BCUT2D eigenvalue weighted by molar-refractivity contribution is 6.02. The molecule has 0 aliphatic carbocycles. The van der Waals surface area contributed by atoms with Gasteiger partial charge in [0.1, 0.15) is 23.4 Å². The zero-order valence-electron chi connectivity index (χ0n) is 19.7. The van der Waals surface area contributed by atoms with Crippen molar-refractivity contribution in [2.45, 2.75) is 45.3 Å². The maximum absolute atomic E-state index is 12.8. The summed E-state index contributed by atoms with van der Waals surface area (Å²) < 4.78 is 13.5. The molecule has 0 radical (unpaired) electrons. The number of likely N-dealkylation sites (N-methyl/N-ethyl adjacent to an activating group) is 1. The highest BCUT2D eigenvalue weighted by Gasteiger charge is 2.30. The number of likely N-dealkylation sites (tertiary alicyclic amines) is 1. The summed E-state index contributed by atoms with van der Waals surface area (Å²) in [5, 5.41) is 13.8. The molecule has 0 aromatic carbocycles. The first kappa shape index (κ1) is 23.1. The fourth-order valence-corrected chi connectivity index (χ4v) is 4.09. The number of hydrogen-bond donors (Lipinski definition) is 3. The minimum atomic E-state index is -1.33.